The van der Waals surface area contributed by atoms with Crippen molar-refractivity contribution in [3.8, 4) is 0 Å². The Labute approximate surface area is 86.4 Å². The van der Waals surface area contributed by atoms with Gasteiger partial charge in [-0.05, 0) is 6.07 Å². The van der Waals surface area contributed by atoms with Gasteiger partial charge >= 0.3 is 0 Å². The molecule has 0 heterocycles. The maximum Gasteiger partial charge on any atom is 0.252 e. The predicted molar refractivity (Wildman–Crippen MR) is 55.3 cm³/mol. The number of halogens is 1. The van der Waals surface area contributed by atoms with Gasteiger partial charge in [-0.15, -0.1) is 0 Å². The van der Waals surface area contributed by atoms with Crippen molar-refractivity contribution in [1.82, 2.24) is 5.32 Å². The van der Waals surface area contributed by atoms with E-state index in [1.54, 1.807) is 0 Å². The van der Waals surface area contributed by atoms with Crippen LogP contribution in [0.15, 0.2) is 18.2 Å². The van der Waals surface area contributed by atoms with E-state index in [0.717, 1.165) is 0 Å². The summed E-state index contributed by atoms with van der Waals surface area (Å²) in [5, 5.41) is 13.5. The number of nitrogens with one attached hydrogen (secondary N) is 1. The molecule has 1 amide bonds. The molecule has 74 valence electrons. The van der Waals surface area contributed by atoms with E-state index in [4.69, 9.17) is 11.6 Å². The first-order chi connectivity index (χ1) is 6.56. The van der Waals surface area contributed by atoms with E-state index in [9.17, 15) is 10.0 Å². The minimum Gasteiger partial charge on any atom is -0.619 e. The maximum absolute atomic E-state index is 11.2. The number of benzene rings is 1. The van der Waals surface area contributed by atoms with Crippen LogP contribution >= 0.6 is 11.6 Å². The fourth-order valence-corrected chi connectivity index (χ4v) is 1.24. The van der Waals surface area contributed by atoms with Gasteiger partial charge in [0.15, 0.2) is 0 Å². The van der Waals surface area contributed by atoms with Crippen LogP contribution in [0.1, 0.15) is 10.4 Å². The molecule has 1 rings (SSSR count). The van der Waals surface area contributed by atoms with Crippen molar-refractivity contribution in [2.24, 2.45) is 0 Å². The fraction of sp³-hybridized carbons (Fsp3) is 0.111. The highest BCUT2D eigenvalue weighted by Crippen LogP contribution is 2.21. The van der Waals surface area contributed by atoms with E-state index in [1.165, 1.54) is 25.2 Å². The second-order valence-electron chi connectivity index (χ2n) is 2.62. The van der Waals surface area contributed by atoms with Gasteiger partial charge in [-0.1, -0.05) is 11.6 Å². The van der Waals surface area contributed by atoms with E-state index in [0.29, 0.717) is 16.0 Å². The lowest BCUT2D eigenvalue weighted by molar-refractivity contribution is -0.349. The minimum absolute atomic E-state index is 0.228. The molecule has 5 heteroatoms. The molecular weight excluding hydrogens is 204 g/mol. The normalized spacial score (nSPS) is 9.57. The summed E-state index contributed by atoms with van der Waals surface area (Å²) in [4.78, 5) is 11.2. The Balaban J connectivity index is 3.14. The van der Waals surface area contributed by atoms with Gasteiger partial charge in [-0.3, -0.25) is 4.79 Å². The Kier molecular flexibility index (Phi) is 3.09. The second-order valence-corrected chi connectivity index (χ2v) is 3.03. The quantitative estimate of drug-likeness (QED) is 0.350. The molecule has 0 aromatic heterocycles. The molecular formula is C9H9ClN2O2. The summed E-state index contributed by atoms with van der Waals surface area (Å²) in [7, 11) is 1.51. The van der Waals surface area contributed by atoms with Crippen LogP contribution in [-0.4, -0.2) is 24.4 Å². The van der Waals surface area contributed by atoms with Gasteiger partial charge in [-0.25, -0.2) is 0 Å². The SMILES string of the molecule is C=[N+]([O-])c1ccc(C(=O)NC)c(Cl)c1. The van der Waals surface area contributed by atoms with E-state index in [2.05, 4.69) is 12.0 Å². The molecule has 1 aromatic rings. The van der Waals surface area contributed by atoms with E-state index < -0.39 is 0 Å². The molecule has 0 unspecified atom stereocenters. The average molecular weight is 213 g/mol. The summed E-state index contributed by atoms with van der Waals surface area (Å²) in [6.07, 6.45) is 0. The van der Waals surface area contributed by atoms with Crippen LogP contribution in [0, 0.1) is 5.21 Å². The highest BCUT2D eigenvalue weighted by Gasteiger charge is 2.10. The van der Waals surface area contributed by atoms with Crippen molar-refractivity contribution in [2.45, 2.75) is 0 Å². The summed E-state index contributed by atoms with van der Waals surface area (Å²) in [5.41, 5.74) is 0.641. The Bertz CT molecular complexity index is 390. The molecule has 0 saturated heterocycles. The summed E-state index contributed by atoms with van der Waals surface area (Å²) in [5.74, 6) is -0.289. The molecule has 0 saturated carbocycles. The molecule has 0 aliphatic heterocycles. The van der Waals surface area contributed by atoms with Gasteiger partial charge in [0, 0.05) is 19.2 Å². The first-order valence-corrected chi connectivity index (χ1v) is 4.23. The smallest absolute Gasteiger partial charge is 0.252 e. The number of carbonyl (C=O) groups is 1. The third-order valence-corrected chi connectivity index (χ3v) is 2.03. The molecule has 0 bridgehead atoms. The number of hydrogen-bond donors (Lipinski definition) is 1. The zero-order valence-corrected chi connectivity index (χ0v) is 8.34. The molecule has 0 radical (unpaired) electrons. The van der Waals surface area contributed by atoms with Gasteiger partial charge < -0.3 is 10.5 Å². The first kappa shape index (κ1) is 10.5. The topological polar surface area (TPSA) is 55.2 Å². The lowest BCUT2D eigenvalue weighted by Crippen LogP contribution is -2.18. The summed E-state index contributed by atoms with van der Waals surface area (Å²) in [6, 6.07) is 4.36. The van der Waals surface area contributed by atoms with E-state index >= 15 is 0 Å². The second kappa shape index (κ2) is 4.11. The molecule has 0 aliphatic carbocycles. The van der Waals surface area contributed by atoms with Crippen LogP contribution in [-0.2, 0) is 0 Å². The van der Waals surface area contributed by atoms with Gasteiger partial charge in [0.25, 0.3) is 5.91 Å². The van der Waals surface area contributed by atoms with Crippen molar-refractivity contribution in [3.63, 3.8) is 0 Å². The predicted octanol–water partition coefficient (Wildman–Crippen LogP) is 1.54. The van der Waals surface area contributed by atoms with Gasteiger partial charge in [-0.2, -0.15) is 4.74 Å². The molecule has 4 nitrogen and oxygen atoms in total. The molecule has 0 aliphatic rings. The standard InChI is InChI=1S/C9H9ClN2O2/c1-11-9(13)7-4-3-6(12(2)14)5-8(7)10/h3-5H,2H2,1H3,(H,11,13). The minimum atomic E-state index is -0.289. The van der Waals surface area contributed by atoms with Crippen LogP contribution in [0.2, 0.25) is 5.02 Å². The van der Waals surface area contributed by atoms with Crippen molar-refractivity contribution >= 4 is 29.9 Å². The van der Waals surface area contributed by atoms with Gasteiger partial charge in [0.05, 0.1) is 10.6 Å². The average Bonchev–Trinajstić information content (AvgIpc) is 2.16. The van der Waals surface area contributed by atoms with Crippen molar-refractivity contribution in [3.05, 3.63) is 34.0 Å². The number of amides is 1. The highest BCUT2D eigenvalue weighted by atomic mass is 35.5. The van der Waals surface area contributed by atoms with Crippen molar-refractivity contribution < 1.29 is 9.53 Å². The molecule has 0 spiro atoms. The zero-order chi connectivity index (χ0) is 10.7. The van der Waals surface area contributed by atoms with Crippen LogP contribution in [0.4, 0.5) is 5.69 Å². The van der Waals surface area contributed by atoms with Crippen LogP contribution in [0.25, 0.3) is 0 Å². The Morgan fingerprint density at radius 1 is 1.64 bits per heavy atom. The van der Waals surface area contributed by atoms with Gasteiger partial charge in [0.1, 0.15) is 6.72 Å². The number of rotatable bonds is 2. The lowest BCUT2D eigenvalue weighted by atomic mass is 10.2. The van der Waals surface area contributed by atoms with Crippen LogP contribution < -0.4 is 5.32 Å². The monoisotopic (exact) mass is 212 g/mol. The largest absolute Gasteiger partial charge is 0.619 e. The van der Waals surface area contributed by atoms with Gasteiger partial charge in [0.2, 0.25) is 5.69 Å². The summed E-state index contributed by atoms with van der Waals surface area (Å²) in [6.45, 7) is 3.16. The highest BCUT2D eigenvalue weighted by molar-refractivity contribution is 6.34. The number of nitrogens with zero attached hydrogens (tertiary/aromatic N) is 1. The van der Waals surface area contributed by atoms with Crippen molar-refractivity contribution in [2.75, 3.05) is 7.05 Å². The van der Waals surface area contributed by atoms with E-state index in [1.807, 2.05) is 0 Å². The van der Waals surface area contributed by atoms with Crippen LogP contribution in [0.5, 0.6) is 0 Å². The zero-order valence-electron chi connectivity index (χ0n) is 7.58. The third kappa shape index (κ3) is 2.03. The third-order valence-electron chi connectivity index (χ3n) is 1.71. The molecule has 0 atom stereocenters. The lowest BCUT2D eigenvalue weighted by Gasteiger charge is -2.04. The summed E-state index contributed by atoms with van der Waals surface area (Å²) >= 11 is 5.79. The molecule has 0 fully saturated rings. The molecule has 14 heavy (non-hydrogen) atoms. The first-order valence-electron chi connectivity index (χ1n) is 3.85. The van der Waals surface area contributed by atoms with Crippen molar-refractivity contribution in [1.29, 1.82) is 0 Å². The van der Waals surface area contributed by atoms with Crippen LogP contribution in [0.3, 0.4) is 0 Å². The fourth-order valence-electron chi connectivity index (χ4n) is 0.978. The Hall–Kier alpha value is -1.55. The summed E-state index contributed by atoms with van der Waals surface area (Å²) < 4.78 is 0.430. The Morgan fingerprint density at radius 2 is 2.29 bits per heavy atom. The number of carbonyl (C=O) groups excluding carboxylic acids is 1. The number of hydrogen-bond acceptors (Lipinski definition) is 2. The molecule has 1 aromatic carbocycles. The Morgan fingerprint density at radius 3 is 2.71 bits per heavy atom. The van der Waals surface area contributed by atoms with E-state index in [-0.39, 0.29) is 10.9 Å². The molecule has 1 N–H and O–H groups in total. The maximum atomic E-state index is 11.2.